The molecule has 4 nitrogen and oxygen atoms in total. The lowest BCUT2D eigenvalue weighted by molar-refractivity contribution is 0.145. The Balaban J connectivity index is 1.69. The van der Waals surface area contributed by atoms with Crippen molar-refractivity contribution in [3.8, 4) is 5.75 Å². The van der Waals surface area contributed by atoms with Crippen LogP contribution < -0.4 is 15.4 Å². The van der Waals surface area contributed by atoms with Gasteiger partial charge in [0.05, 0.1) is 12.2 Å². The monoisotopic (exact) mass is 278 g/mol. The lowest BCUT2D eigenvalue weighted by Crippen LogP contribution is -2.27. The number of fused-ring (bicyclic) bond motifs is 1. The van der Waals surface area contributed by atoms with Crippen molar-refractivity contribution in [2.24, 2.45) is 0 Å². The van der Waals surface area contributed by atoms with Gasteiger partial charge in [-0.2, -0.15) is 0 Å². The van der Waals surface area contributed by atoms with Crippen molar-refractivity contribution in [3.05, 3.63) is 23.8 Å². The molecule has 1 aromatic carbocycles. The van der Waals surface area contributed by atoms with Crippen molar-refractivity contribution in [3.63, 3.8) is 0 Å². The van der Waals surface area contributed by atoms with Gasteiger partial charge in [0.1, 0.15) is 11.9 Å². The molecule has 20 heavy (non-hydrogen) atoms. The van der Waals surface area contributed by atoms with Crippen molar-refractivity contribution in [2.75, 3.05) is 38.2 Å². The van der Waals surface area contributed by atoms with Gasteiger partial charge in [0.25, 0.3) is 0 Å². The van der Waals surface area contributed by atoms with E-state index in [-0.39, 0.29) is 6.10 Å². The number of rotatable bonds is 8. The van der Waals surface area contributed by atoms with Crippen LogP contribution in [0.3, 0.4) is 0 Å². The zero-order valence-electron chi connectivity index (χ0n) is 12.6. The van der Waals surface area contributed by atoms with E-state index in [9.17, 15) is 0 Å². The lowest BCUT2D eigenvalue weighted by Gasteiger charge is -2.25. The summed E-state index contributed by atoms with van der Waals surface area (Å²) in [6, 6.07) is 6.42. The average Bonchev–Trinajstić information content (AvgIpc) is 2.46. The van der Waals surface area contributed by atoms with E-state index >= 15 is 0 Å². The number of hydrogen-bond acceptors (Lipinski definition) is 4. The molecule has 1 aliphatic rings. The van der Waals surface area contributed by atoms with Gasteiger partial charge in [-0.15, -0.1) is 0 Å². The molecular weight excluding hydrogens is 252 g/mol. The number of hydrogen-bond donors (Lipinski definition) is 2. The summed E-state index contributed by atoms with van der Waals surface area (Å²) in [7, 11) is 0. The Kier molecular flexibility index (Phi) is 6.15. The van der Waals surface area contributed by atoms with Gasteiger partial charge in [-0.25, -0.2) is 0 Å². The van der Waals surface area contributed by atoms with Crippen LogP contribution in [0, 0.1) is 0 Å². The highest BCUT2D eigenvalue weighted by atomic mass is 16.5. The number of ether oxygens (including phenoxy) is 2. The van der Waals surface area contributed by atoms with E-state index in [1.54, 1.807) is 0 Å². The topological polar surface area (TPSA) is 42.5 Å². The van der Waals surface area contributed by atoms with Crippen LogP contribution in [0.15, 0.2) is 18.2 Å². The quantitative estimate of drug-likeness (QED) is 0.717. The molecule has 0 amide bonds. The molecular formula is C16H26N2O2. The molecule has 2 N–H and O–H groups in total. The molecule has 1 aliphatic heterocycles. The Hall–Kier alpha value is -1.26. The zero-order chi connectivity index (χ0) is 14.2. The first-order chi connectivity index (χ1) is 9.79. The minimum Gasteiger partial charge on any atom is -0.487 e. The number of nitrogens with one attached hydrogen (secondary N) is 2. The smallest absolute Gasteiger partial charge is 0.142 e. The van der Waals surface area contributed by atoms with Gasteiger partial charge in [-0.1, -0.05) is 6.07 Å². The summed E-state index contributed by atoms with van der Waals surface area (Å²) in [4.78, 5) is 0. The van der Waals surface area contributed by atoms with E-state index in [0.717, 1.165) is 57.1 Å². The minimum atomic E-state index is 0.250. The van der Waals surface area contributed by atoms with Gasteiger partial charge in [0, 0.05) is 13.2 Å². The van der Waals surface area contributed by atoms with E-state index in [0.29, 0.717) is 0 Å². The van der Waals surface area contributed by atoms with Crippen molar-refractivity contribution in [2.45, 2.75) is 32.8 Å². The fraction of sp³-hybridized carbons (Fsp3) is 0.625. The highest BCUT2D eigenvalue weighted by Crippen LogP contribution is 2.29. The van der Waals surface area contributed by atoms with E-state index in [4.69, 9.17) is 9.47 Å². The summed E-state index contributed by atoms with van der Waals surface area (Å²) in [5, 5.41) is 6.86. The predicted molar refractivity (Wildman–Crippen MR) is 82.7 cm³/mol. The summed E-state index contributed by atoms with van der Waals surface area (Å²) in [6.07, 6.45) is 2.37. The van der Waals surface area contributed by atoms with Crippen LogP contribution in [-0.4, -0.2) is 39.0 Å². The highest BCUT2D eigenvalue weighted by molar-refractivity contribution is 5.59. The largest absolute Gasteiger partial charge is 0.487 e. The first-order valence-corrected chi connectivity index (χ1v) is 7.61. The van der Waals surface area contributed by atoms with Crippen LogP contribution in [0.2, 0.25) is 0 Å². The molecule has 4 heteroatoms. The molecule has 0 saturated heterocycles. The lowest BCUT2D eigenvalue weighted by atomic mass is 10.1. The second-order valence-corrected chi connectivity index (χ2v) is 5.19. The molecule has 112 valence electrons. The van der Waals surface area contributed by atoms with E-state index in [1.807, 2.05) is 6.92 Å². The number of benzene rings is 1. The summed E-state index contributed by atoms with van der Waals surface area (Å²) < 4.78 is 11.1. The maximum atomic E-state index is 5.78. The Morgan fingerprint density at radius 1 is 1.40 bits per heavy atom. The molecule has 0 fully saturated rings. The molecule has 0 aliphatic carbocycles. The molecule has 2 rings (SSSR count). The molecule has 0 radical (unpaired) electrons. The van der Waals surface area contributed by atoms with Gasteiger partial charge in [-0.05, 0) is 57.5 Å². The van der Waals surface area contributed by atoms with Crippen molar-refractivity contribution in [1.29, 1.82) is 0 Å². The average molecular weight is 278 g/mol. The summed E-state index contributed by atoms with van der Waals surface area (Å²) >= 11 is 0. The minimum absolute atomic E-state index is 0.250. The fourth-order valence-electron chi connectivity index (χ4n) is 2.29. The third-order valence-electron chi connectivity index (χ3n) is 3.39. The number of anilines is 1. The van der Waals surface area contributed by atoms with Crippen LogP contribution in [0.25, 0.3) is 0 Å². The standard InChI is InChI=1S/C16H26N2O2/c1-3-19-10-4-8-17-9-7-14-5-6-16-15(11-14)18-12-13(2)20-16/h5-6,11,13,17-18H,3-4,7-10,12H2,1-2H3. The molecule has 1 aromatic rings. The first-order valence-electron chi connectivity index (χ1n) is 7.61. The van der Waals surface area contributed by atoms with Crippen LogP contribution >= 0.6 is 0 Å². The van der Waals surface area contributed by atoms with Gasteiger partial charge < -0.3 is 20.1 Å². The second kappa shape index (κ2) is 8.12. The summed E-state index contributed by atoms with van der Waals surface area (Å²) in [6.45, 7) is 8.67. The maximum absolute atomic E-state index is 5.78. The van der Waals surface area contributed by atoms with Crippen molar-refractivity contribution >= 4 is 5.69 Å². The van der Waals surface area contributed by atoms with E-state index < -0.39 is 0 Å². The zero-order valence-corrected chi connectivity index (χ0v) is 12.6. The fourth-order valence-corrected chi connectivity index (χ4v) is 2.29. The third kappa shape index (κ3) is 4.69. The molecule has 0 spiro atoms. The van der Waals surface area contributed by atoms with E-state index in [2.05, 4.69) is 35.8 Å². The molecule has 1 unspecified atom stereocenters. The van der Waals surface area contributed by atoms with Gasteiger partial charge >= 0.3 is 0 Å². The molecule has 1 atom stereocenters. The normalized spacial score (nSPS) is 17.2. The van der Waals surface area contributed by atoms with Crippen LogP contribution in [0.1, 0.15) is 25.8 Å². The predicted octanol–water partition coefficient (Wildman–Crippen LogP) is 2.44. The molecule has 0 saturated carbocycles. The van der Waals surface area contributed by atoms with Crippen LogP contribution in [0.4, 0.5) is 5.69 Å². The Labute approximate surface area is 121 Å². The Bertz CT molecular complexity index is 409. The van der Waals surface area contributed by atoms with Crippen molar-refractivity contribution in [1.82, 2.24) is 5.32 Å². The van der Waals surface area contributed by atoms with Crippen molar-refractivity contribution < 1.29 is 9.47 Å². The summed E-state index contributed by atoms with van der Waals surface area (Å²) in [5.74, 6) is 0.970. The van der Waals surface area contributed by atoms with Gasteiger partial charge in [-0.3, -0.25) is 0 Å². The third-order valence-corrected chi connectivity index (χ3v) is 3.39. The SMILES string of the molecule is CCOCCCNCCc1ccc2c(c1)NCC(C)O2. The Morgan fingerprint density at radius 2 is 2.30 bits per heavy atom. The first kappa shape index (κ1) is 15.1. The second-order valence-electron chi connectivity index (χ2n) is 5.19. The van der Waals surface area contributed by atoms with Gasteiger partial charge in [0.2, 0.25) is 0 Å². The Morgan fingerprint density at radius 3 is 3.15 bits per heavy atom. The van der Waals surface area contributed by atoms with Gasteiger partial charge in [0.15, 0.2) is 0 Å². The molecule has 1 heterocycles. The molecule has 0 aromatic heterocycles. The van der Waals surface area contributed by atoms with Crippen LogP contribution in [-0.2, 0) is 11.2 Å². The van der Waals surface area contributed by atoms with E-state index in [1.165, 1.54) is 5.56 Å². The highest BCUT2D eigenvalue weighted by Gasteiger charge is 2.14. The molecule has 0 bridgehead atoms. The maximum Gasteiger partial charge on any atom is 0.142 e. The summed E-state index contributed by atoms with van der Waals surface area (Å²) in [5.41, 5.74) is 2.46. The van der Waals surface area contributed by atoms with Crippen LogP contribution in [0.5, 0.6) is 5.75 Å².